The fraction of sp³-hybridized carbons (Fsp3) is 0.462. The van der Waals surface area contributed by atoms with Crippen molar-refractivity contribution in [2.75, 3.05) is 26.2 Å². The van der Waals surface area contributed by atoms with Crippen LogP contribution in [0.25, 0.3) is 0 Å². The van der Waals surface area contributed by atoms with Crippen molar-refractivity contribution in [1.82, 2.24) is 10.2 Å². The van der Waals surface area contributed by atoms with E-state index in [1.165, 1.54) is 6.07 Å². The van der Waals surface area contributed by atoms with Crippen molar-refractivity contribution in [2.45, 2.75) is 13.0 Å². The summed E-state index contributed by atoms with van der Waals surface area (Å²) in [5.74, 6) is -0.494. The van der Waals surface area contributed by atoms with E-state index in [0.717, 1.165) is 6.54 Å². The number of carbonyl (C=O) groups is 1. The average Bonchev–Trinajstić information content (AvgIpc) is 2.41. The Morgan fingerprint density at radius 1 is 1.61 bits per heavy atom. The summed E-state index contributed by atoms with van der Waals surface area (Å²) in [6, 6.07) is 4.57. The third-order valence-electron chi connectivity index (χ3n) is 3.30. The normalized spacial score (nSPS) is 19.9. The number of hydrogen-bond donors (Lipinski definition) is 2. The van der Waals surface area contributed by atoms with Gasteiger partial charge in [0.1, 0.15) is 5.82 Å². The molecule has 1 unspecified atom stereocenters. The minimum absolute atomic E-state index is 0.0179. The molecule has 0 bridgehead atoms. The number of rotatable bonds is 2. The zero-order valence-electron chi connectivity index (χ0n) is 10.4. The van der Waals surface area contributed by atoms with Gasteiger partial charge in [-0.05, 0) is 24.6 Å². The zero-order chi connectivity index (χ0) is 13.1. The van der Waals surface area contributed by atoms with Crippen LogP contribution < -0.4 is 11.1 Å². The molecule has 1 aliphatic rings. The van der Waals surface area contributed by atoms with Gasteiger partial charge in [-0.15, -0.1) is 0 Å². The first-order chi connectivity index (χ1) is 8.63. The molecule has 0 aromatic heterocycles. The van der Waals surface area contributed by atoms with Crippen LogP contribution in [-0.4, -0.2) is 43.0 Å². The summed E-state index contributed by atoms with van der Waals surface area (Å²) in [5, 5.41) is 3.19. The number of carbonyl (C=O) groups excluding carboxylic acids is 1. The summed E-state index contributed by atoms with van der Waals surface area (Å²) in [6.45, 7) is 4.13. The van der Waals surface area contributed by atoms with Gasteiger partial charge in [0, 0.05) is 31.7 Å². The maximum Gasteiger partial charge on any atom is 0.254 e. The monoisotopic (exact) mass is 251 g/mol. The van der Waals surface area contributed by atoms with Crippen LogP contribution in [0.5, 0.6) is 0 Å². The number of benzene rings is 1. The van der Waals surface area contributed by atoms with Crippen LogP contribution in [0.4, 0.5) is 4.39 Å². The predicted molar refractivity (Wildman–Crippen MR) is 67.9 cm³/mol. The van der Waals surface area contributed by atoms with Crippen LogP contribution in [0.2, 0.25) is 0 Å². The van der Waals surface area contributed by atoms with Gasteiger partial charge in [-0.1, -0.05) is 6.07 Å². The lowest BCUT2D eigenvalue weighted by Gasteiger charge is -2.35. The molecule has 1 saturated heterocycles. The number of piperazine rings is 1. The molecule has 3 N–H and O–H groups in total. The summed E-state index contributed by atoms with van der Waals surface area (Å²) in [4.78, 5) is 14.0. The molecule has 2 rings (SSSR count). The van der Waals surface area contributed by atoms with E-state index in [-0.39, 0.29) is 17.8 Å². The Balaban J connectivity index is 2.21. The molecule has 1 aromatic rings. The lowest BCUT2D eigenvalue weighted by molar-refractivity contribution is 0.0644. The topological polar surface area (TPSA) is 58.4 Å². The number of nitrogens with one attached hydrogen (secondary N) is 1. The highest BCUT2D eigenvalue weighted by Crippen LogP contribution is 2.14. The van der Waals surface area contributed by atoms with Crippen molar-refractivity contribution in [1.29, 1.82) is 0 Å². The van der Waals surface area contributed by atoms with Gasteiger partial charge in [-0.3, -0.25) is 4.79 Å². The molecule has 1 heterocycles. The number of aryl methyl sites for hydroxylation is 1. The highest BCUT2D eigenvalue weighted by atomic mass is 19.1. The Bertz CT molecular complexity index is 450. The largest absolute Gasteiger partial charge is 0.332 e. The van der Waals surface area contributed by atoms with Crippen LogP contribution in [0.1, 0.15) is 15.9 Å². The SMILES string of the molecule is Cc1ccc(C(=O)N2CCNCC2CN)cc1F. The first kappa shape index (κ1) is 13.0. The Kier molecular flexibility index (Phi) is 3.93. The molecule has 1 fully saturated rings. The standard InChI is InChI=1S/C13H18FN3O/c1-9-2-3-10(6-12(9)14)13(18)17-5-4-16-8-11(17)7-15/h2-3,6,11,16H,4-5,7-8,15H2,1H3. The first-order valence-electron chi connectivity index (χ1n) is 6.11. The van der Waals surface area contributed by atoms with Gasteiger partial charge < -0.3 is 16.0 Å². The van der Waals surface area contributed by atoms with Crippen molar-refractivity contribution in [2.24, 2.45) is 5.73 Å². The minimum Gasteiger partial charge on any atom is -0.332 e. The molecule has 1 aliphatic heterocycles. The molecule has 0 aliphatic carbocycles. The molecule has 1 atom stereocenters. The van der Waals surface area contributed by atoms with Crippen LogP contribution in [0, 0.1) is 12.7 Å². The fourth-order valence-corrected chi connectivity index (χ4v) is 2.13. The van der Waals surface area contributed by atoms with Gasteiger partial charge in [0.25, 0.3) is 5.91 Å². The van der Waals surface area contributed by atoms with Gasteiger partial charge >= 0.3 is 0 Å². The Morgan fingerprint density at radius 2 is 2.39 bits per heavy atom. The third kappa shape index (κ3) is 2.52. The second kappa shape index (κ2) is 5.46. The quantitative estimate of drug-likeness (QED) is 0.805. The van der Waals surface area contributed by atoms with Gasteiger partial charge in [-0.2, -0.15) is 0 Å². The summed E-state index contributed by atoms with van der Waals surface area (Å²) < 4.78 is 13.5. The molecule has 0 saturated carbocycles. The summed E-state index contributed by atoms with van der Waals surface area (Å²) in [5.41, 5.74) is 6.59. The zero-order valence-corrected chi connectivity index (χ0v) is 10.4. The summed E-state index contributed by atoms with van der Waals surface area (Å²) >= 11 is 0. The Hall–Kier alpha value is -1.46. The van der Waals surface area contributed by atoms with Crippen LogP contribution in [0.15, 0.2) is 18.2 Å². The maximum atomic E-state index is 13.5. The highest BCUT2D eigenvalue weighted by molar-refractivity contribution is 5.94. The molecule has 4 nitrogen and oxygen atoms in total. The molecular weight excluding hydrogens is 233 g/mol. The van der Waals surface area contributed by atoms with Crippen LogP contribution in [-0.2, 0) is 0 Å². The number of halogens is 1. The molecule has 1 amide bonds. The van der Waals surface area contributed by atoms with Crippen molar-refractivity contribution in [3.05, 3.63) is 35.1 Å². The number of amides is 1. The van der Waals surface area contributed by atoms with Gasteiger partial charge in [0.05, 0.1) is 6.04 Å². The molecule has 5 heteroatoms. The molecule has 98 valence electrons. The highest BCUT2D eigenvalue weighted by Gasteiger charge is 2.26. The van der Waals surface area contributed by atoms with E-state index >= 15 is 0 Å². The van der Waals surface area contributed by atoms with Crippen molar-refractivity contribution >= 4 is 5.91 Å². The van der Waals surface area contributed by atoms with E-state index < -0.39 is 0 Å². The third-order valence-corrected chi connectivity index (χ3v) is 3.30. The van der Waals surface area contributed by atoms with Crippen LogP contribution >= 0.6 is 0 Å². The number of nitrogens with two attached hydrogens (primary N) is 1. The Morgan fingerprint density at radius 3 is 3.06 bits per heavy atom. The smallest absolute Gasteiger partial charge is 0.254 e. The second-order valence-corrected chi connectivity index (χ2v) is 4.56. The number of hydrogen-bond acceptors (Lipinski definition) is 3. The predicted octanol–water partition coefficient (Wildman–Crippen LogP) is 0.507. The van der Waals surface area contributed by atoms with Crippen molar-refractivity contribution < 1.29 is 9.18 Å². The molecule has 18 heavy (non-hydrogen) atoms. The first-order valence-corrected chi connectivity index (χ1v) is 6.11. The van der Waals surface area contributed by atoms with E-state index in [1.807, 2.05) is 0 Å². The lowest BCUT2D eigenvalue weighted by atomic mass is 10.1. The van der Waals surface area contributed by atoms with E-state index in [0.29, 0.717) is 30.8 Å². The van der Waals surface area contributed by atoms with Gasteiger partial charge in [-0.25, -0.2) is 4.39 Å². The molecular formula is C13H18FN3O. The van der Waals surface area contributed by atoms with Gasteiger partial charge in [0.15, 0.2) is 0 Å². The second-order valence-electron chi connectivity index (χ2n) is 4.56. The average molecular weight is 251 g/mol. The van der Waals surface area contributed by atoms with Crippen LogP contribution in [0.3, 0.4) is 0 Å². The Labute approximate surface area is 106 Å². The summed E-state index contributed by atoms with van der Waals surface area (Å²) in [7, 11) is 0. The van der Waals surface area contributed by atoms with E-state index in [4.69, 9.17) is 5.73 Å². The molecule has 0 spiro atoms. The van der Waals surface area contributed by atoms with E-state index in [1.54, 1.807) is 24.0 Å². The van der Waals surface area contributed by atoms with Crippen molar-refractivity contribution in [3.63, 3.8) is 0 Å². The van der Waals surface area contributed by atoms with Gasteiger partial charge in [0.2, 0.25) is 0 Å². The number of nitrogens with zero attached hydrogens (tertiary/aromatic N) is 1. The molecule has 0 radical (unpaired) electrons. The minimum atomic E-state index is -0.347. The lowest BCUT2D eigenvalue weighted by Crippen LogP contribution is -2.56. The van der Waals surface area contributed by atoms with Crippen molar-refractivity contribution in [3.8, 4) is 0 Å². The van der Waals surface area contributed by atoms with E-state index in [9.17, 15) is 9.18 Å². The molecule has 1 aromatic carbocycles. The summed E-state index contributed by atoms with van der Waals surface area (Å²) in [6.07, 6.45) is 0. The fourth-order valence-electron chi connectivity index (χ4n) is 2.13. The van der Waals surface area contributed by atoms with E-state index in [2.05, 4.69) is 5.32 Å². The maximum absolute atomic E-state index is 13.5.